The topological polar surface area (TPSA) is 66.9 Å². The van der Waals surface area contributed by atoms with Gasteiger partial charge in [0.05, 0.1) is 17.7 Å². The normalized spacial score (nSPS) is 11.1. The number of methoxy groups -OCH3 is 1. The number of halogens is 1. The maximum atomic E-state index is 13.4. The Bertz CT molecular complexity index is 1120. The van der Waals surface area contributed by atoms with E-state index in [1.165, 1.54) is 24.1 Å². The van der Waals surface area contributed by atoms with Crippen LogP contribution in [0.4, 0.5) is 5.69 Å². The van der Waals surface area contributed by atoms with Crippen molar-refractivity contribution in [2.24, 2.45) is 0 Å². The molecule has 162 valence electrons. The lowest BCUT2D eigenvalue weighted by molar-refractivity contribution is -0.128. The van der Waals surface area contributed by atoms with E-state index in [1.807, 2.05) is 12.1 Å². The Hall–Kier alpha value is -3.03. The molecule has 0 aliphatic heterocycles. The molecule has 0 aromatic heterocycles. The molecule has 3 aromatic carbocycles. The highest BCUT2D eigenvalue weighted by Gasteiger charge is 2.28. The molecule has 0 spiro atoms. The maximum Gasteiger partial charge on any atom is 0.264 e. The van der Waals surface area contributed by atoms with Gasteiger partial charge in [0.1, 0.15) is 12.3 Å². The van der Waals surface area contributed by atoms with Gasteiger partial charge < -0.3 is 9.64 Å². The van der Waals surface area contributed by atoms with Crippen LogP contribution in [0.5, 0.6) is 5.75 Å². The Morgan fingerprint density at radius 1 is 0.935 bits per heavy atom. The van der Waals surface area contributed by atoms with E-state index in [9.17, 15) is 13.2 Å². The monoisotopic (exact) mass is 458 g/mol. The van der Waals surface area contributed by atoms with Crippen molar-refractivity contribution < 1.29 is 17.9 Å². The second kappa shape index (κ2) is 9.85. The minimum atomic E-state index is -3.95. The summed E-state index contributed by atoms with van der Waals surface area (Å²) in [5.74, 6) is 0.247. The van der Waals surface area contributed by atoms with E-state index < -0.39 is 10.0 Å². The molecule has 3 aromatic rings. The fraction of sp³-hybridized carbons (Fsp3) is 0.174. The molecule has 1 amide bonds. The molecule has 31 heavy (non-hydrogen) atoms. The van der Waals surface area contributed by atoms with E-state index >= 15 is 0 Å². The lowest BCUT2D eigenvalue weighted by Crippen LogP contribution is -2.41. The highest BCUT2D eigenvalue weighted by Crippen LogP contribution is 2.26. The Kier molecular flexibility index (Phi) is 7.20. The van der Waals surface area contributed by atoms with Crippen molar-refractivity contribution in [2.45, 2.75) is 11.4 Å². The molecule has 0 radical (unpaired) electrons. The van der Waals surface area contributed by atoms with Gasteiger partial charge in [0.25, 0.3) is 10.0 Å². The van der Waals surface area contributed by atoms with Crippen LogP contribution >= 0.6 is 11.6 Å². The highest BCUT2D eigenvalue weighted by molar-refractivity contribution is 7.92. The van der Waals surface area contributed by atoms with Crippen molar-refractivity contribution in [2.75, 3.05) is 25.0 Å². The minimum absolute atomic E-state index is 0.110. The molecule has 6 nitrogen and oxygen atoms in total. The number of sulfonamides is 1. The number of anilines is 1. The van der Waals surface area contributed by atoms with Crippen LogP contribution in [0.2, 0.25) is 5.02 Å². The van der Waals surface area contributed by atoms with Crippen LogP contribution in [0, 0.1) is 0 Å². The molecule has 0 N–H and O–H groups in total. The summed E-state index contributed by atoms with van der Waals surface area (Å²) in [6.07, 6.45) is 0. The van der Waals surface area contributed by atoms with Crippen molar-refractivity contribution in [3.8, 4) is 5.75 Å². The summed E-state index contributed by atoms with van der Waals surface area (Å²) in [5.41, 5.74) is 1.26. The molecule has 0 unspecified atom stereocenters. The molecule has 0 atom stereocenters. The lowest BCUT2D eigenvalue weighted by atomic mass is 10.2. The number of hydrogen-bond donors (Lipinski definition) is 0. The fourth-order valence-electron chi connectivity index (χ4n) is 2.98. The van der Waals surface area contributed by atoms with E-state index in [0.29, 0.717) is 23.0 Å². The Morgan fingerprint density at radius 3 is 2.13 bits per heavy atom. The number of carbonyl (C=O) groups excluding carboxylic acids is 1. The molecule has 0 aliphatic carbocycles. The first-order valence-corrected chi connectivity index (χ1v) is 11.3. The number of carbonyl (C=O) groups is 1. The third-order valence-electron chi connectivity index (χ3n) is 4.73. The van der Waals surface area contributed by atoms with Crippen LogP contribution in [0.15, 0.2) is 83.8 Å². The van der Waals surface area contributed by atoms with Crippen LogP contribution in [-0.4, -0.2) is 39.9 Å². The summed E-state index contributed by atoms with van der Waals surface area (Å²) < 4.78 is 33.0. The van der Waals surface area contributed by atoms with Gasteiger partial charge >= 0.3 is 0 Å². The average molecular weight is 459 g/mol. The van der Waals surface area contributed by atoms with E-state index in [4.69, 9.17) is 16.3 Å². The van der Waals surface area contributed by atoms with Crippen LogP contribution in [0.1, 0.15) is 5.56 Å². The molecule has 3 rings (SSSR count). The zero-order valence-corrected chi connectivity index (χ0v) is 18.8. The molecular formula is C23H23ClN2O4S. The predicted octanol–water partition coefficient (Wildman–Crippen LogP) is 4.20. The van der Waals surface area contributed by atoms with E-state index in [1.54, 1.807) is 61.6 Å². The number of benzene rings is 3. The molecule has 0 saturated heterocycles. The molecule has 0 fully saturated rings. The zero-order valence-electron chi connectivity index (χ0n) is 17.2. The lowest BCUT2D eigenvalue weighted by Gasteiger charge is -2.27. The standard InChI is InChI=1S/C23H23ClN2O4S/c1-25(16-18-8-10-19(24)11-9-18)23(27)17-26(20-12-14-21(30-2)15-13-20)31(28,29)22-6-4-3-5-7-22/h3-15H,16-17H2,1-2H3. The van der Waals surface area contributed by atoms with Crippen molar-refractivity contribution in [1.82, 2.24) is 4.90 Å². The van der Waals surface area contributed by atoms with Gasteiger partial charge in [-0.2, -0.15) is 0 Å². The van der Waals surface area contributed by atoms with Crippen LogP contribution < -0.4 is 9.04 Å². The van der Waals surface area contributed by atoms with Crippen LogP contribution in [-0.2, 0) is 21.4 Å². The van der Waals surface area contributed by atoms with Gasteiger partial charge in [-0.1, -0.05) is 41.9 Å². The average Bonchev–Trinajstić information content (AvgIpc) is 2.79. The number of amides is 1. The number of ether oxygens (including phenoxy) is 1. The summed E-state index contributed by atoms with van der Waals surface area (Å²) in [4.78, 5) is 14.6. The summed E-state index contributed by atoms with van der Waals surface area (Å²) >= 11 is 5.91. The summed E-state index contributed by atoms with van der Waals surface area (Å²) in [6, 6.07) is 21.7. The summed E-state index contributed by atoms with van der Waals surface area (Å²) in [7, 11) is -0.786. The first-order valence-electron chi connectivity index (χ1n) is 9.51. The molecule has 0 heterocycles. The fourth-order valence-corrected chi connectivity index (χ4v) is 4.54. The Morgan fingerprint density at radius 2 is 1.55 bits per heavy atom. The third-order valence-corrected chi connectivity index (χ3v) is 6.77. The van der Waals surface area contributed by atoms with Gasteiger partial charge in [0.15, 0.2) is 0 Å². The third kappa shape index (κ3) is 5.57. The SMILES string of the molecule is COc1ccc(N(CC(=O)N(C)Cc2ccc(Cl)cc2)S(=O)(=O)c2ccccc2)cc1. The molecule has 0 aliphatic rings. The summed E-state index contributed by atoms with van der Waals surface area (Å²) in [5, 5.41) is 0.609. The quantitative estimate of drug-likeness (QED) is 0.507. The van der Waals surface area contributed by atoms with Crippen LogP contribution in [0.25, 0.3) is 0 Å². The number of nitrogens with zero attached hydrogens (tertiary/aromatic N) is 2. The number of hydrogen-bond acceptors (Lipinski definition) is 4. The van der Waals surface area contributed by atoms with Gasteiger partial charge in [0, 0.05) is 18.6 Å². The first kappa shape index (κ1) is 22.7. The Labute approximate surface area is 187 Å². The molecular weight excluding hydrogens is 436 g/mol. The van der Waals surface area contributed by atoms with Crippen molar-refractivity contribution in [3.63, 3.8) is 0 Å². The van der Waals surface area contributed by atoms with Gasteiger partial charge in [-0.3, -0.25) is 9.10 Å². The first-order chi connectivity index (χ1) is 14.8. The number of rotatable bonds is 8. The van der Waals surface area contributed by atoms with Crippen molar-refractivity contribution >= 4 is 33.2 Å². The smallest absolute Gasteiger partial charge is 0.264 e. The van der Waals surface area contributed by atoms with Gasteiger partial charge in [-0.25, -0.2) is 8.42 Å². The Balaban J connectivity index is 1.88. The second-order valence-corrected chi connectivity index (χ2v) is 9.20. The van der Waals surface area contributed by atoms with Crippen molar-refractivity contribution in [3.05, 3.63) is 89.4 Å². The highest BCUT2D eigenvalue weighted by atomic mass is 35.5. The zero-order chi connectivity index (χ0) is 22.4. The van der Waals surface area contributed by atoms with Gasteiger partial charge in [-0.15, -0.1) is 0 Å². The van der Waals surface area contributed by atoms with E-state index in [0.717, 1.165) is 9.87 Å². The second-order valence-electron chi connectivity index (χ2n) is 6.90. The minimum Gasteiger partial charge on any atom is -0.497 e. The van der Waals surface area contributed by atoms with E-state index in [2.05, 4.69) is 0 Å². The van der Waals surface area contributed by atoms with E-state index in [-0.39, 0.29) is 17.3 Å². The predicted molar refractivity (Wildman–Crippen MR) is 122 cm³/mol. The molecule has 8 heteroatoms. The summed E-state index contributed by atoms with van der Waals surface area (Å²) in [6.45, 7) is -0.00845. The molecule has 0 bridgehead atoms. The molecule has 0 saturated carbocycles. The van der Waals surface area contributed by atoms with Crippen molar-refractivity contribution in [1.29, 1.82) is 0 Å². The van der Waals surface area contributed by atoms with Gasteiger partial charge in [-0.05, 0) is 54.1 Å². The number of likely N-dealkylation sites (N-methyl/N-ethyl adjacent to an activating group) is 1. The maximum absolute atomic E-state index is 13.4. The van der Waals surface area contributed by atoms with Gasteiger partial charge in [0.2, 0.25) is 5.91 Å². The van der Waals surface area contributed by atoms with Crippen LogP contribution in [0.3, 0.4) is 0 Å². The largest absolute Gasteiger partial charge is 0.497 e.